The Kier molecular flexibility index (Phi) is 4.90. The van der Waals surface area contributed by atoms with Gasteiger partial charge in [0.2, 0.25) is 5.91 Å². The SMILES string of the molecule is CC12CCCCC1(C)CN(C(=O)C[C@H](Cc1ccccc1)C(=O)O)C2. The normalized spacial score (nSPS) is 29.9. The van der Waals surface area contributed by atoms with Gasteiger partial charge in [-0.05, 0) is 35.7 Å². The van der Waals surface area contributed by atoms with Gasteiger partial charge in [-0.2, -0.15) is 0 Å². The van der Waals surface area contributed by atoms with Gasteiger partial charge in [-0.1, -0.05) is 57.0 Å². The summed E-state index contributed by atoms with van der Waals surface area (Å²) in [6, 6.07) is 9.57. The Morgan fingerprint density at radius 2 is 1.64 bits per heavy atom. The smallest absolute Gasteiger partial charge is 0.307 e. The summed E-state index contributed by atoms with van der Waals surface area (Å²) in [4.78, 5) is 26.4. The number of carboxylic acid groups (broad SMARTS) is 1. The molecule has 0 aromatic heterocycles. The van der Waals surface area contributed by atoms with Crippen molar-refractivity contribution in [2.75, 3.05) is 13.1 Å². The monoisotopic (exact) mass is 343 g/mol. The first-order valence-electron chi connectivity index (χ1n) is 9.38. The maximum Gasteiger partial charge on any atom is 0.307 e. The van der Waals surface area contributed by atoms with Crippen molar-refractivity contribution in [1.82, 2.24) is 4.90 Å². The molecule has 1 saturated carbocycles. The van der Waals surface area contributed by atoms with Crippen molar-refractivity contribution in [2.24, 2.45) is 16.7 Å². The average Bonchev–Trinajstić information content (AvgIpc) is 2.86. The van der Waals surface area contributed by atoms with E-state index in [2.05, 4.69) is 13.8 Å². The van der Waals surface area contributed by atoms with Gasteiger partial charge < -0.3 is 10.0 Å². The molecular weight excluding hydrogens is 314 g/mol. The third kappa shape index (κ3) is 3.58. The molecule has 4 nitrogen and oxygen atoms in total. The summed E-state index contributed by atoms with van der Waals surface area (Å²) in [5.74, 6) is -1.54. The molecule has 1 aromatic rings. The maximum absolute atomic E-state index is 12.8. The Bertz CT molecular complexity index is 624. The predicted octanol–water partition coefficient (Wildman–Crippen LogP) is 3.75. The molecule has 4 heteroatoms. The molecule has 1 heterocycles. The number of hydrogen-bond donors (Lipinski definition) is 1. The second-order valence-corrected chi connectivity index (χ2v) is 8.51. The van der Waals surface area contributed by atoms with E-state index in [9.17, 15) is 14.7 Å². The molecule has 1 amide bonds. The highest BCUT2D eigenvalue weighted by Gasteiger charge is 2.53. The number of fused-ring (bicyclic) bond motifs is 1. The fraction of sp³-hybridized carbons (Fsp3) is 0.619. The molecular formula is C21H29NO3. The summed E-state index contributed by atoms with van der Waals surface area (Å²) < 4.78 is 0. The molecule has 2 aliphatic rings. The van der Waals surface area contributed by atoms with Crippen LogP contribution in [0.5, 0.6) is 0 Å². The van der Waals surface area contributed by atoms with E-state index >= 15 is 0 Å². The molecule has 25 heavy (non-hydrogen) atoms. The summed E-state index contributed by atoms with van der Waals surface area (Å²) >= 11 is 0. The number of carboxylic acids is 1. The van der Waals surface area contributed by atoms with Crippen LogP contribution in [-0.4, -0.2) is 35.0 Å². The largest absolute Gasteiger partial charge is 0.481 e. The number of nitrogens with zero attached hydrogens (tertiary/aromatic N) is 1. The zero-order valence-corrected chi connectivity index (χ0v) is 15.3. The summed E-state index contributed by atoms with van der Waals surface area (Å²) in [6.07, 6.45) is 5.31. The minimum atomic E-state index is -0.883. The number of rotatable bonds is 5. The lowest BCUT2D eigenvalue weighted by Gasteiger charge is -2.43. The molecule has 1 N–H and O–H groups in total. The second kappa shape index (κ2) is 6.81. The van der Waals surface area contributed by atoms with Crippen LogP contribution in [0.3, 0.4) is 0 Å². The third-order valence-corrected chi connectivity index (χ3v) is 6.69. The topological polar surface area (TPSA) is 57.6 Å². The number of hydrogen-bond acceptors (Lipinski definition) is 2. The van der Waals surface area contributed by atoms with Gasteiger partial charge in [0.1, 0.15) is 0 Å². The van der Waals surface area contributed by atoms with Crippen molar-refractivity contribution in [3.05, 3.63) is 35.9 Å². The van der Waals surface area contributed by atoms with Crippen LogP contribution in [0.25, 0.3) is 0 Å². The summed E-state index contributed by atoms with van der Waals surface area (Å²) in [5, 5.41) is 9.56. The van der Waals surface area contributed by atoms with Gasteiger partial charge in [0.15, 0.2) is 0 Å². The van der Waals surface area contributed by atoms with Crippen LogP contribution < -0.4 is 0 Å². The summed E-state index contributed by atoms with van der Waals surface area (Å²) in [6.45, 7) is 6.16. The van der Waals surface area contributed by atoms with E-state index in [1.165, 1.54) is 25.7 Å². The van der Waals surface area contributed by atoms with E-state index in [4.69, 9.17) is 0 Å². The zero-order valence-electron chi connectivity index (χ0n) is 15.3. The number of amides is 1. The lowest BCUT2D eigenvalue weighted by atomic mass is 9.60. The van der Waals surface area contributed by atoms with Gasteiger partial charge in [-0.15, -0.1) is 0 Å². The van der Waals surface area contributed by atoms with E-state index in [1.54, 1.807) is 0 Å². The summed E-state index contributed by atoms with van der Waals surface area (Å²) in [5.41, 5.74) is 1.33. The van der Waals surface area contributed by atoms with E-state index in [0.29, 0.717) is 6.42 Å². The first-order chi connectivity index (χ1) is 11.8. The Labute approximate surface area is 150 Å². The maximum atomic E-state index is 12.8. The van der Waals surface area contributed by atoms with Crippen molar-refractivity contribution in [1.29, 1.82) is 0 Å². The first-order valence-corrected chi connectivity index (χ1v) is 9.38. The molecule has 2 unspecified atom stereocenters. The van der Waals surface area contributed by atoms with Crippen LogP contribution >= 0.6 is 0 Å². The van der Waals surface area contributed by atoms with E-state index in [0.717, 1.165) is 18.7 Å². The number of carbonyl (C=O) groups excluding carboxylic acids is 1. The van der Waals surface area contributed by atoms with Crippen LogP contribution in [0, 0.1) is 16.7 Å². The highest BCUT2D eigenvalue weighted by molar-refractivity contribution is 5.83. The van der Waals surface area contributed by atoms with E-state index in [1.807, 2.05) is 35.2 Å². The molecule has 1 saturated heterocycles. The molecule has 1 aromatic carbocycles. The predicted molar refractivity (Wildman–Crippen MR) is 97.2 cm³/mol. The standard InChI is InChI=1S/C21H29NO3/c1-20-10-6-7-11-21(20,2)15-22(14-20)18(23)13-17(19(24)25)12-16-8-4-3-5-9-16/h3-5,8-9,17H,6-7,10-15H2,1-2H3,(H,24,25)/t17-,20?,21?/m0/s1. The van der Waals surface area contributed by atoms with Gasteiger partial charge in [0, 0.05) is 19.5 Å². The van der Waals surface area contributed by atoms with E-state index < -0.39 is 11.9 Å². The Balaban J connectivity index is 1.67. The number of benzene rings is 1. The summed E-state index contributed by atoms with van der Waals surface area (Å²) in [7, 11) is 0. The van der Waals surface area contributed by atoms with Gasteiger partial charge in [-0.3, -0.25) is 9.59 Å². The van der Waals surface area contributed by atoms with E-state index in [-0.39, 0.29) is 23.2 Å². The molecule has 136 valence electrons. The van der Waals surface area contributed by atoms with Crippen LogP contribution in [0.15, 0.2) is 30.3 Å². The van der Waals surface area contributed by atoms with Crippen LogP contribution in [0.4, 0.5) is 0 Å². The van der Waals surface area contributed by atoms with Gasteiger partial charge in [0.05, 0.1) is 5.92 Å². The highest BCUT2D eigenvalue weighted by atomic mass is 16.4. The fourth-order valence-electron chi connectivity index (χ4n) is 4.73. The van der Waals surface area contributed by atoms with Crippen molar-refractivity contribution < 1.29 is 14.7 Å². The zero-order chi connectivity index (χ0) is 18.1. The number of likely N-dealkylation sites (tertiary alicyclic amines) is 1. The number of aliphatic carboxylic acids is 1. The minimum absolute atomic E-state index is 0.000168. The molecule has 0 spiro atoms. The average molecular weight is 343 g/mol. The first kappa shape index (κ1) is 18.0. The molecule has 0 bridgehead atoms. The fourth-order valence-corrected chi connectivity index (χ4v) is 4.73. The van der Waals surface area contributed by atoms with Gasteiger partial charge in [-0.25, -0.2) is 0 Å². The molecule has 1 aliphatic carbocycles. The van der Waals surface area contributed by atoms with Crippen molar-refractivity contribution in [3.8, 4) is 0 Å². The van der Waals surface area contributed by atoms with Crippen molar-refractivity contribution >= 4 is 11.9 Å². The molecule has 3 rings (SSSR count). The Morgan fingerprint density at radius 1 is 1.08 bits per heavy atom. The Morgan fingerprint density at radius 3 is 2.16 bits per heavy atom. The second-order valence-electron chi connectivity index (χ2n) is 8.51. The highest BCUT2D eigenvalue weighted by Crippen LogP contribution is 2.55. The third-order valence-electron chi connectivity index (χ3n) is 6.69. The molecule has 1 aliphatic heterocycles. The van der Waals surface area contributed by atoms with Crippen LogP contribution in [0.1, 0.15) is 51.5 Å². The lowest BCUT2D eigenvalue weighted by Crippen LogP contribution is -2.38. The van der Waals surface area contributed by atoms with Crippen molar-refractivity contribution in [2.45, 2.75) is 52.4 Å². The Hall–Kier alpha value is -1.84. The molecule has 2 fully saturated rings. The van der Waals surface area contributed by atoms with Gasteiger partial charge in [0.25, 0.3) is 0 Å². The minimum Gasteiger partial charge on any atom is -0.481 e. The molecule has 0 radical (unpaired) electrons. The lowest BCUT2D eigenvalue weighted by molar-refractivity contribution is -0.145. The van der Waals surface area contributed by atoms with Crippen LogP contribution in [0.2, 0.25) is 0 Å². The van der Waals surface area contributed by atoms with Gasteiger partial charge >= 0.3 is 5.97 Å². The van der Waals surface area contributed by atoms with Crippen LogP contribution in [-0.2, 0) is 16.0 Å². The quantitative estimate of drug-likeness (QED) is 0.886. The number of carbonyl (C=O) groups is 2. The van der Waals surface area contributed by atoms with Crippen molar-refractivity contribution in [3.63, 3.8) is 0 Å². The molecule has 3 atom stereocenters.